The maximum absolute atomic E-state index is 13.4. The van der Waals surface area contributed by atoms with E-state index in [1.807, 2.05) is 0 Å². The van der Waals surface area contributed by atoms with E-state index in [1.165, 1.54) is 0 Å². The highest BCUT2D eigenvalue weighted by molar-refractivity contribution is 6.28. The number of hydrogen-bond acceptors (Lipinski definition) is 5. The first-order valence-electron chi connectivity index (χ1n) is 5.12. The molecule has 0 aromatic carbocycles. The van der Waals surface area contributed by atoms with E-state index in [4.69, 9.17) is 21.6 Å². The molecule has 7 heteroatoms. The van der Waals surface area contributed by atoms with Gasteiger partial charge in [0, 0.05) is 6.61 Å². The number of rotatable bonds is 2. The first kappa shape index (κ1) is 12.0. The fraction of sp³-hybridized carbons (Fsp3) is 0.500. The van der Waals surface area contributed by atoms with Gasteiger partial charge in [-0.3, -0.25) is 0 Å². The van der Waals surface area contributed by atoms with E-state index in [1.54, 1.807) is 0 Å². The van der Waals surface area contributed by atoms with E-state index in [9.17, 15) is 4.39 Å². The van der Waals surface area contributed by atoms with Gasteiger partial charge in [0.15, 0.2) is 11.6 Å². The van der Waals surface area contributed by atoms with Crippen molar-refractivity contribution in [2.24, 2.45) is 5.92 Å². The molecule has 2 heterocycles. The van der Waals surface area contributed by atoms with Gasteiger partial charge in [0.1, 0.15) is 0 Å². The van der Waals surface area contributed by atoms with Crippen LogP contribution in [-0.4, -0.2) is 29.2 Å². The van der Waals surface area contributed by atoms with E-state index < -0.39 is 5.82 Å². The molecule has 90 valence electrons. The molecule has 1 aliphatic rings. The molecular weight excluding hydrogens is 247 g/mol. The largest absolute Gasteiger partial charge is 0.379 e. The average Bonchev–Trinajstić information content (AvgIpc) is 2.34. The summed E-state index contributed by atoms with van der Waals surface area (Å²) in [5, 5.41) is 11.8. The van der Waals surface area contributed by atoms with Gasteiger partial charge in [-0.15, -0.1) is 0 Å². The Hall–Kier alpha value is -1.45. The normalized spacial score (nSPS) is 24.1. The van der Waals surface area contributed by atoms with Crippen molar-refractivity contribution in [1.29, 1.82) is 5.26 Å². The van der Waals surface area contributed by atoms with E-state index in [2.05, 4.69) is 21.4 Å². The minimum atomic E-state index is -0.600. The molecule has 17 heavy (non-hydrogen) atoms. The Bertz CT molecular complexity index is 450. The first-order valence-corrected chi connectivity index (χ1v) is 5.50. The zero-order valence-corrected chi connectivity index (χ0v) is 9.62. The Morgan fingerprint density at radius 3 is 3.24 bits per heavy atom. The Labute approximate surface area is 103 Å². The van der Waals surface area contributed by atoms with Crippen LogP contribution in [0.3, 0.4) is 0 Å². The van der Waals surface area contributed by atoms with Crippen LogP contribution >= 0.6 is 11.6 Å². The number of aromatic nitrogens is 2. The van der Waals surface area contributed by atoms with Crippen LogP contribution < -0.4 is 5.32 Å². The van der Waals surface area contributed by atoms with Crippen LogP contribution in [-0.2, 0) is 4.74 Å². The molecule has 2 atom stereocenters. The van der Waals surface area contributed by atoms with E-state index in [0.717, 1.165) is 6.20 Å². The molecule has 1 aliphatic heterocycles. The lowest BCUT2D eigenvalue weighted by molar-refractivity contribution is 0.0697. The molecule has 0 radical (unpaired) electrons. The summed E-state index contributed by atoms with van der Waals surface area (Å²) in [6.45, 7) is 0.892. The summed E-state index contributed by atoms with van der Waals surface area (Å²) in [7, 11) is 0. The predicted octanol–water partition coefficient (Wildman–Crippen LogP) is 1.61. The fourth-order valence-corrected chi connectivity index (χ4v) is 1.79. The lowest BCUT2D eigenvalue weighted by Gasteiger charge is -2.28. The molecule has 0 bridgehead atoms. The van der Waals surface area contributed by atoms with Gasteiger partial charge in [0.2, 0.25) is 5.28 Å². The number of nitrogens with zero attached hydrogens (tertiary/aromatic N) is 3. The molecule has 5 nitrogen and oxygen atoms in total. The second kappa shape index (κ2) is 5.25. The monoisotopic (exact) mass is 256 g/mol. The number of halogens is 2. The van der Waals surface area contributed by atoms with Crippen LogP contribution in [0.15, 0.2) is 6.20 Å². The summed E-state index contributed by atoms with van der Waals surface area (Å²) in [5.41, 5.74) is 0. The second-order valence-electron chi connectivity index (χ2n) is 3.69. The van der Waals surface area contributed by atoms with Crippen molar-refractivity contribution in [1.82, 2.24) is 9.97 Å². The van der Waals surface area contributed by atoms with Gasteiger partial charge in [-0.1, -0.05) is 0 Å². The van der Waals surface area contributed by atoms with Gasteiger partial charge in [0.05, 0.1) is 30.8 Å². The number of ether oxygens (including phenoxy) is 1. The van der Waals surface area contributed by atoms with Crippen molar-refractivity contribution < 1.29 is 9.13 Å². The zero-order chi connectivity index (χ0) is 12.3. The molecule has 2 rings (SSSR count). The minimum Gasteiger partial charge on any atom is -0.379 e. The van der Waals surface area contributed by atoms with Crippen LogP contribution in [0.5, 0.6) is 0 Å². The highest BCUT2D eigenvalue weighted by atomic mass is 35.5. The van der Waals surface area contributed by atoms with Crippen molar-refractivity contribution in [3.63, 3.8) is 0 Å². The molecule has 1 aromatic rings. The standard InChI is InChI=1S/C10H10ClFN4O/c11-10-14-4-7(12)9(16-10)15-8-5-17-2-1-6(8)3-13/h4,6,8H,1-2,5H2,(H,14,15,16). The molecule has 2 unspecified atom stereocenters. The third-order valence-electron chi connectivity index (χ3n) is 2.56. The first-order chi connectivity index (χ1) is 8.20. The van der Waals surface area contributed by atoms with E-state index >= 15 is 0 Å². The molecular formula is C10H10ClFN4O. The highest BCUT2D eigenvalue weighted by Crippen LogP contribution is 2.20. The Morgan fingerprint density at radius 1 is 1.65 bits per heavy atom. The maximum Gasteiger partial charge on any atom is 0.224 e. The molecule has 0 aliphatic carbocycles. The van der Waals surface area contributed by atoms with Crippen LogP contribution in [0.25, 0.3) is 0 Å². The molecule has 0 amide bonds. The summed E-state index contributed by atoms with van der Waals surface area (Å²) >= 11 is 5.58. The molecule has 0 spiro atoms. The predicted molar refractivity (Wildman–Crippen MR) is 58.9 cm³/mol. The van der Waals surface area contributed by atoms with Gasteiger partial charge in [-0.2, -0.15) is 10.2 Å². The van der Waals surface area contributed by atoms with E-state index in [0.29, 0.717) is 19.6 Å². The van der Waals surface area contributed by atoms with E-state index in [-0.39, 0.29) is 23.1 Å². The van der Waals surface area contributed by atoms with Gasteiger partial charge in [0.25, 0.3) is 0 Å². The molecule has 1 saturated heterocycles. The van der Waals surface area contributed by atoms with Crippen LogP contribution in [0.2, 0.25) is 5.28 Å². The van der Waals surface area contributed by atoms with Gasteiger partial charge < -0.3 is 10.1 Å². The fourth-order valence-electron chi connectivity index (χ4n) is 1.66. The van der Waals surface area contributed by atoms with Gasteiger partial charge in [-0.25, -0.2) is 9.37 Å². The van der Waals surface area contributed by atoms with Crippen molar-refractivity contribution in [2.45, 2.75) is 12.5 Å². The SMILES string of the molecule is N#CC1CCOCC1Nc1nc(Cl)ncc1F. The summed E-state index contributed by atoms with van der Waals surface area (Å²) in [5.74, 6) is -0.825. The Balaban J connectivity index is 2.14. The number of anilines is 1. The summed E-state index contributed by atoms with van der Waals surface area (Å²) in [4.78, 5) is 7.25. The van der Waals surface area contributed by atoms with Gasteiger partial charge in [-0.05, 0) is 18.0 Å². The summed E-state index contributed by atoms with van der Waals surface area (Å²) < 4.78 is 18.6. The van der Waals surface area contributed by atoms with Crippen molar-refractivity contribution in [3.05, 3.63) is 17.3 Å². The van der Waals surface area contributed by atoms with Crippen molar-refractivity contribution >= 4 is 17.4 Å². The van der Waals surface area contributed by atoms with Gasteiger partial charge >= 0.3 is 0 Å². The average molecular weight is 257 g/mol. The maximum atomic E-state index is 13.4. The molecule has 1 aromatic heterocycles. The topological polar surface area (TPSA) is 70.8 Å². The Kier molecular flexibility index (Phi) is 3.71. The third kappa shape index (κ3) is 2.81. The molecule has 0 saturated carbocycles. The van der Waals surface area contributed by atoms with Crippen LogP contribution in [0, 0.1) is 23.1 Å². The van der Waals surface area contributed by atoms with Crippen molar-refractivity contribution in [2.75, 3.05) is 18.5 Å². The molecule has 1 fully saturated rings. The Morgan fingerprint density at radius 2 is 2.47 bits per heavy atom. The lowest BCUT2D eigenvalue weighted by Crippen LogP contribution is -2.38. The highest BCUT2D eigenvalue weighted by Gasteiger charge is 2.26. The van der Waals surface area contributed by atoms with Crippen LogP contribution in [0.1, 0.15) is 6.42 Å². The summed E-state index contributed by atoms with van der Waals surface area (Å²) in [6, 6.07) is 1.88. The third-order valence-corrected chi connectivity index (χ3v) is 2.74. The number of hydrogen-bond donors (Lipinski definition) is 1. The smallest absolute Gasteiger partial charge is 0.224 e. The number of nitrogens with one attached hydrogen (secondary N) is 1. The van der Waals surface area contributed by atoms with Crippen LogP contribution in [0.4, 0.5) is 10.2 Å². The van der Waals surface area contributed by atoms with Crippen molar-refractivity contribution in [3.8, 4) is 6.07 Å². The number of nitriles is 1. The quantitative estimate of drug-likeness (QED) is 0.814. The lowest BCUT2D eigenvalue weighted by atomic mass is 9.96. The summed E-state index contributed by atoms with van der Waals surface area (Å²) in [6.07, 6.45) is 1.61. The zero-order valence-electron chi connectivity index (χ0n) is 8.86. The second-order valence-corrected chi connectivity index (χ2v) is 4.02. The minimum absolute atomic E-state index is 0.000694. The molecule has 1 N–H and O–H groups in total.